The predicted molar refractivity (Wildman–Crippen MR) is 93.1 cm³/mol. The molecule has 0 aliphatic carbocycles. The summed E-state index contributed by atoms with van der Waals surface area (Å²) in [6.07, 6.45) is -0.884. The Bertz CT molecular complexity index is 274. The van der Waals surface area contributed by atoms with Gasteiger partial charge in [-0.1, -0.05) is 0 Å². The summed E-state index contributed by atoms with van der Waals surface area (Å²) in [5.41, 5.74) is 0. The number of rotatable bonds is 13. The summed E-state index contributed by atoms with van der Waals surface area (Å²) < 4.78 is 0.665. The summed E-state index contributed by atoms with van der Waals surface area (Å²) >= 11 is 16.9. The van der Waals surface area contributed by atoms with Gasteiger partial charge in [-0.3, -0.25) is 4.90 Å². The van der Waals surface area contributed by atoms with Gasteiger partial charge >= 0.3 is 0 Å². The Morgan fingerprint density at radius 2 is 1.32 bits per heavy atom. The van der Waals surface area contributed by atoms with Gasteiger partial charge in [0.05, 0.1) is 38.7 Å². The van der Waals surface area contributed by atoms with Crippen LogP contribution in [0.4, 0.5) is 0 Å². The number of quaternary nitrogens is 1. The maximum Gasteiger partial charge on any atom is 0.116 e. The molecule has 0 fully saturated rings. The van der Waals surface area contributed by atoms with E-state index in [0.29, 0.717) is 24.1 Å². The summed E-state index contributed by atoms with van der Waals surface area (Å²) in [7, 11) is 4.09. The lowest BCUT2D eigenvalue weighted by atomic mass is 10.2. The maximum atomic E-state index is 9.68. The van der Waals surface area contributed by atoms with Crippen molar-refractivity contribution < 1.29 is 19.8 Å². The molecule has 0 rings (SSSR count). The first kappa shape index (κ1) is 22.7. The smallest absolute Gasteiger partial charge is 0.116 e. The number of halogens is 3. The first-order valence-electron chi connectivity index (χ1n) is 7.50. The molecule has 0 aromatic heterocycles. The van der Waals surface area contributed by atoms with Gasteiger partial charge in [0.15, 0.2) is 0 Å². The van der Waals surface area contributed by atoms with Crippen LogP contribution >= 0.6 is 34.8 Å². The molecule has 0 aromatic carbocycles. The van der Waals surface area contributed by atoms with Crippen molar-refractivity contribution in [2.75, 3.05) is 64.5 Å². The fourth-order valence-electron chi connectivity index (χ4n) is 2.38. The highest BCUT2D eigenvalue weighted by molar-refractivity contribution is 6.18. The van der Waals surface area contributed by atoms with Crippen LogP contribution in [0.5, 0.6) is 0 Å². The zero-order valence-electron chi connectivity index (χ0n) is 13.5. The van der Waals surface area contributed by atoms with Crippen molar-refractivity contribution >= 4 is 34.8 Å². The van der Waals surface area contributed by atoms with Gasteiger partial charge in [-0.05, 0) is 0 Å². The summed E-state index contributed by atoms with van der Waals surface area (Å²) in [5.74, 6) is 0.561. The summed E-state index contributed by atoms with van der Waals surface area (Å²) in [4.78, 5) is 1.97. The largest absolute Gasteiger partial charge is 0.391 e. The van der Waals surface area contributed by atoms with E-state index in [9.17, 15) is 15.3 Å². The first-order chi connectivity index (χ1) is 10.2. The van der Waals surface area contributed by atoms with Crippen LogP contribution in [0.25, 0.3) is 0 Å². The fraction of sp³-hybridized carbons (Fsp3) is 1.00. The Balaban J connectivity index is 4.30. The number of alkyl halides is 3. The zero-order valence-corrected chi connectivity index (χ0v) is 15.7. The summed E-state index contributed by atoms with van der Waals surface area (Å²) in [6, 6.07) is 0. The van der Waals surface area contributed by atoms with Crippen molar-refractivity contribution in [3.8, 4) is 0 Å². The van der Waals surface area contributed by atoms with Gasteiger partial charge in [0.2, 0.25) is 0 Å². The Morgan fingerprint density at radius 1 is 0.864 bits per heavy atom. The molecule has 0 aliphatic rings. The second-order valence-corrected chi connectivity index (χ2v) is 7.31. The lowest BCUT2D eigenvalue weighted by molar-refractivity contribution is -0.893. The standard InChI is InChI=1S/C14H30Cl3N2O3/c1-19(2,11-14(22)8-17)5-3-4-18(9-12(20)6-15)10-13(21)7-16/h12-14,20-22H,3-11H2,1-2H3/q+1. The molecular formula is C14H30Cl3N2O3+. The molecule has 0 radical (unpaired) electrons. The molecular weight excluding hydrogens is 351 g/mol. The van der Waals surface area contributed by atoms with Crippen molar-refractivity contribution in [3.63, 3.8) is 0 Å². The van der Waals surface area contributed by atoms with E-state index in [1.54, 1.807) is 0 Å². The SMILES string of the molecule is C[N+](C)(CCCN(CC(O)CCl)CC(O)CCl)CC(O)CCl. The molecule has 0 heterocycles. The molecule has 22 heavy (non-hydrogen) atoms. The second-order valence-electron chi connectivity index (χ2n) is 6.38. The van der Waals surface area contributed by atoms with E-state index < -0.39 is 18.3 Å². The molecule has 0 spiro atoms. The number of likely N-dealkylation sites (N-methyl/N-ethyl adjacent to an activating group) is 1. The average Bonchev–Trinajstić information content (AvgIpc) is 2.45. The van der Waals surface area contributed by atoms with E-state index in [1.165, 1.54) is 0 Å². The minimum atomic E-state index is -0.621. The summed E-state index contributed by atoms with van der Waals surface area (Å²) in [5, 5.41) is 29.0. The number of hydrogen-bond donors (Lipinski definition) is 3. The van der Waals surface area contributed by atoms with Gasteiger partial charge in [-0.25, -0.2) is 0 Å². The molecule has 0 aliphatic heterocycles. The average molecular weight is 381 g/mol. The molecule has 0 bridgehead atoms. The van der Waals surface area contributed by atoms with Crippen LogP contribution in [0.15, 0.2) is 0 Å². The Kier molecular flexibility index (Phi) is 12.5. The minimum Gasteiger partial charge on any atom is -0.391 e. The molecule has 3 atom stereocenters. The van der Waals surface area contributed by atoms with Crippen LogP contribution in [0.3, 0.4) is 0 Å². The van der Waals surface area contributed by atoms with Gasteiger partial charge in [0.25, 0.3) is 0 Å². The van der Waals surface area contributed by atoms with Crippen molar-refractivity contribution in [2.45, 2.75) is 24.7 Å². The predicted octanol–water partition coefficient (Wildman–Crippen LogP) is 0.554. The maximum absolute atomic E-state index is 9.68. The molecule has 0 saturated heterocycles. The third-order valence-electron chi connectivity index (χ3n) is 3.42. The van der Waals surface area contributed by atoms with Gasteiger partial charge < -0.3 is 19.8 Å². The van der Waals surface area contributed by atoms with E-state index in [1.807, 2.05) is 19.0 Å². The highest BCUT2D eigenvalue weighted by Gasteiger charge is 2.21. The molecule has 0 saturated carbocycles. The highest BCUT2D eigenvalue weighted by atomic mass is 35.5. The van der Waals surface area contributed by atoms with Crippen molar-refractivity contribution in [2.24, 2.45) is 0 Å². The molecule has 0 aromatic rings. The van der Waals surface area contributed by atoms with E-state index in [2.05, 4.69) is 0 Å². The van der Waals surface area contributed by atoms with Crippen molar-refractivity contribution in [1.29, 1.82) is 0 Å². The Labute approximate surface area is 149 Å². The van der Waals surface area contributed by atoms with Gasteiger partial charge in [-0.15, -0.1) is 34.8 Å². The van der Waals surface area contributed by atoms with E-state index in [4.69, 9.17) is 34.8 Å². The molecule has 8 heteroatoms. The fourth-order valence-corrected chi connectivity index (χ4v) is 2.68. The van der Waals surface area contributed by atoms with Gasteiger partial charge in [0, 0.05) is 37.8 Å². The van der Waals surface area contributed by atoms with E-state index >= 15 is 0 Å². The van der Waals surface area contributed by atoms with Gasteiger partial charge in [-0.2, -0.15) is 0 Å². The molecule has 3 N–H and O–H groups in total. The van der Waals surface area contributed by atoms with Crippen molar-refractivity contribution in [3.05, 3.63) is 0 Å². The first-order valence-corrected chi connectivity index (χ1v) is 9.11. The lowest BCUT2D eigenvalue weighted by Gasteiger charge is -2.33. The Morgan fingerprint density at radius 3 is 1.73 bits per heavy atom. The molecule has 5 nitrogen and oxygen atoms in total. The second kappa shape index (κ2) is 12.1. The number of nitrogens with zero attached hydrogens (tertiary/aromatic N) is 2. The molecule has 3 unspecified atom stereocenters. The summed E-state index contributed by atoms with van der Waals surface area (Å²) in [6.45, 7) is 3.00. The number of aliphatic hydroxyl groups excluding tert-OH is 3. The van der Waals surface area contributed by atoms with Crippen LogP contribution in [-0.2, 0) is 0 Å². The van der Waals surface area contributed by atoms with Crippen LogP contribution in [0.1, 0.15) is 6.42 Å². The Hall–Kier alpha value is 0.670. The monoisotopic (exact) mass is 379 g/mol. The zero-order chi connectivity index (χ0) is 17.2. The van der Waals surface area contributed by atoms with Crippen LogP contribution < -0.4 is 0 Å². The van der Waals surface area contributed by atoms with E-state index in [-0.39, 0.29) is 17.6 Å². The van der Waals surface area contributed by atoms with Crippen LogP contribution in [0, 0.1) is 0 Å². The van der Waals surface area contributed by atoms with Gasteiger partial charge in [0.1, 0.15) is 12.6 Å². The lowest BCUT2D eigenvalue weighted by Crippen LogP contribution is -2.48. The molecule has 0 amide bonds. The molecule has 134 valence electrons. The quantitative estimate of drug-likeness (QED) is 0.323. The van der Waals surface area contributed by atoms with Crippen molar-refractivity contribution in [1.82, 2.24) is 4.90 Å². The van der Waals surface area contributed by atoms with Crippen LogP contribution in [0.2, 0.25) is 0 Å². The number of aliphatic hydroxyl groups is 3. The number of hydrogen-bond acceptors (Lipinski definition) is 4. The third kappa shape index (κ3) is 11.2. The van der Waals surface area contributed by atoms with E-state index in [0.717, 1.165) is 19.5 Å². The third-order valence-corrected chi connectivity index (χ3v) is 4.48. The van der Waals surface area contributed by atoms with Crippen LogP contribution in [-0.4, -0.2) is 107 Å². The topological polar surface area (TPSA) is 63.9 Å². The minimum absolute atomic E-state index is 0.164. The highest BCUT2D eigenvalue weighted by Crippen LogP contribution is 2.06. The normalized spacial score (nSPS) is 16.8.